The Morgan fingerprint density at radius 3 is 2.73 bits per heavy atom. The Balaban J connectivity index is 1.47. The Kier molecular flexibility index (Phi) is 6.39. The zero-order chi connectivity index (χ0) is 18.4. The molecule has 1 aromatic heterocycles. The van der Waals surface area contributed by atoms with E-state index in [4.69, 9.17) is 11.6 Å². The number of benzene rings is 1. The molecule has 140 valence electrons. The zero-order valence-corrected chi connectivity index (χ0v) is 16.2. The fourth-order valence-electron chi connectivity index (χ4n) is 3.24. The predicted molar refractivity (Wildman–Crippen MR) is 108 cm³/mol. The van der Waals surface area contributed by atoms with Crippen molar-refractivity contribution in [2.24, 2.45) is 10.9 Å². The second kappa shape index (κ2) is 8.94. The molecule has 1 N–H and O–H groups in total. The van der Waals surface area contributed by atoms with E-state index in [1.54, 1.807) is 0 Å². The van der Waals surface area contributed by atoms with Gasteiger partial charge >= 0.3 is 0 Å². The van der Waals surface area contributed by atoms with Gasteiger partial charge in [-0.1, -0.05) is 24.6 Å². The molecule has 0 spiro atoms. The molecule has 1 unspecified atom stereocenters. The molecule has 1 aliphatic rings. The number of halogens is 1. The van der Waals surface area contributed by atoms with E-state index in [9.17, 15) is 0 Å². The number of anilines is 1. The highest BCUT2D eigenvalue weighted by Gasteiger charge is 2.20. The molecule has 26 heavy (non-hydrogen) atoms. The van der Waals surface area contributed by atoms with Crippen LogP contribution < -0.4 is 10.2 Å². The maximum Gasteiger partial charge on any atom is 0.193 e. The average molecular weight is 375 g/mol. The topological polar surface area (TPSA) is 48.7 Å². The van der Waals surface area contributed by atoms with Gasteiger partial charge in [0.25, 0.3) is 0 Å². The summed E-state index contributed by atoms with van der Waals surface area (Å²) in [6.45, 7) is 7.81. The van der Waals surface area contributed by atoms with E-state index in [-0.39, 0.29) is 0 Å². The first-order chi connectivity index (χ1) is 12.7. The largest absolute Gasteiger partial charge is 0.368 e. The van der Waals surface area contributed by atoms with Crippen LogP contribution in [0.5, 0.6) is 0 Å². The van der Waals surface area contributed by atoms with Crippen molar-refractivity contribution in [2.75, 3.05) is 44.7 Å². The van der Waals surface area contributed by atoms with Crippen molar-refractivity contribution < 1.29 is 0 Å². The van der Waals surface area contributed by atoms with Gasteiger partial charge in [-0.25, -0.2) is 0 Å². The third-order valence-corrected chi connectivity index (χ3v) is 4.87. The third kappa shape index (κ3) is 4.91. The quantitative estimate of drug-likeness (QED) is 0.645. The fraction of sp³-hybridized carbons (Fsp3) is 0.474. The molecule has 0 saturated carbocycles. The first-order valence-electron chi connectivity index (χ1n) is 9.09. The van der Waals surface area contributed by atoms with Gasteiger partial charge in [0.1, 0.15) is 0 Å². The van der Waals surface area contributed by atoms with Crippen LogP contribution in [0.25, 0.3) is 0 Å². The number of aliphatic imine (C=N–C) groups is 1. The Bertz CT molecular complexity index is 707. The minimum atomic E-state index is 0.472. The number of rotatable bonds is 5. The molecule has 0 bridgehead atoms. The standard InChI is InChI=1S/C19H27ClN6/c1-16(15-26-8-4-7-23-26)14-22-19(21-2)25-11-9-24(10-12-25)18-6-3-5-17(20)13-18/h3-8,13,16H,9-12,14-15H2,1-2H3,(H,21,22). The van der Waals surface area contributed by atoms with Crippen LogP contribution in [0.3, 0.4) is 0 Å². The van der Waals surface area contributed by atoms with Gasteiger partial charge in [-0.3, -0.25) is 9.67 Å². The van der Waals surface area contributed by atoms with Crippen molar-refractivity contribution in [3.8, 4) is 0 Å². The number of guanidine groups is 1. The summed E-state index contributed by atoms with van der Waals surface area (Å²) in [5.74, 6) is 1.45. The molecule has 1 aliphatic heterocycles. The van der Waals surface area contributed by atoms with Crippen molar-refractivity contribution in [1.82, 2.24) is 20.0 Å². The first-order valence-corrected chi connectivity index (χ1v) is 9.47. The second-order valence-corrected chi connectivity index (χ2v) is 7.15. The van der Waals surface area contributed by atoms with Crippen molar-refractivity contribution in [1.29, 1.82) is 0 Å². The minimum Gasteiger partial charge on any atom is -0.368 e. The third-order valence-electron chi connectivity index (χ3n) is 4.63. The number of nitrogens with zero attached hydrogens (tertiary/aromatic N) is 5. The predicted octanol–water partition coefficient (Wildman–Crippen LogP) is 2.57. The highest BCUT2D eigenvalue weighted by atomic mass is 35.5. The van der Waals surface area contributed by atoms with E-state index in [1.165, 1.54) is 5.69 Å². The first kappa shape index (κ1) is 18.6. The van der Waals surface area contributed by atoms with Crippen LogP contribution in [0.2, 0.25) is 5.02 Å². The summed E-state index contributed by atoms with van der Waals surface area (Å²) in [5, 5.41) is 8.57. The Morgan fingerprint density at radius 2 is 2.08 bits per heavy atom. The lowest BCUT2D eigenvalue weighted by Crippen LogP contribution is -2.53. The van der Waals surface area contributed by atoms with Gasteiger partial charge in [0.15, 0.2) is 5.96 Å². The smallest absolute Gasteiger partial charge is 0.193 e. The highest BCUT2D eigenvalue weighted by molar-refractivity contribution is 6.30. The fourth-order valence-corrected chi connectivity index (χ4v) is 3.42. The monoisotopic (exact) mass is 374 g/mol. The SMILES string of the molecule is CN=C(NCC(C)Cn1cccn1)N1CCN(c2cccc(Cl)c2)CC1. The zero-order valence-electron chi connectivity index (χ0n) is 15.5. The maximum atomic E-state index is 6.11. The van der Waals surface area contributed by atoms with E-state index < -0.39 is 0 Å². The van der Waals surface area contributed by atoms with Gasteiger partial charge < -0.3 is 15.1 Å². The number of nitrogens with one attached hydrogen (secondary N) is 1. The van der Waals surface area contributed by atoms with Crippen LogP contribution >= 0.6 is 11.6 Å². The molecular weight excluding hydrogens is 348 g/mol. The van der Waals surface area contributed by atoms with E-state index in [1.807, 2.05) is 48.4 Å². The molecule has 1 saturated heterocycles. The summed E-state index contributed by atoms with van der Waals surface area (Å²) >= 11 is 6.11. The Morgan fingerprint density at radius 1 is 1.27 bits per heavy atom. The van der Waals surface area contributed by atoms with Gasteiger partial charge in [-0.2, -0.15) is 5.10 Å². The molecule has 2 aromatic rings. The maximum absolute atomic E-state index is 6.11. The van der Waals surface area contributed by atoms with Crippen LogP contribution in [-0.2, 0) is 6.54 Å². The van der Waals surface area contributed by atoms with E-state index in [0.717, 1.165) is 50.3 Å². The summed E-state index contributed by atoms with van der Waals surface area (Å²) in [6.07, 6.45) is 3.82. The lowest BCUT2D eigenvalue weighted by Gasteiger charge is -2.38. The van der Waals surface area contributed by atoms with E-state index in [0.29, 0.717) is 5.92 Å². The van der Waals surface area contributed by atoms with Crippen LogP contribution in [-0.4, -0.2) is 60.4 Å². The molecule has 1 aromatic carbocycles. The van der Waals surface area contributed by atoms with Crippen LogP contribution in [0, 0.1) is 5.92 Å². The Labute approximate surface area is 160 Å². The minimum absolute atomic E-state index is 0.472. The van der Waals surface area contributed by atoms with Crippen molar-refractivity contribution in [2.45, 2.75) is 13.5 Å². The van der Waals surface area contributed by atoms with Gasteiger partial charge in [0.2, 0.25) is 0 Å². The van der Waals surface area contributed by atoms with Crippen LogP contribution in [0.1, 0.15) is 6.92 Å². The number of piperazine rings is 1. The average Bonchev–Trinajstić information content (AvgIpc) is 3.16. The van der Waals surface area contributed by atoms with Crippen LogP contribution in [0.15, 0.2) is 47.7 Å². The normalized spacial score (nSPS) is 16.7. The summed E-state index contributed by atoms with van der Waals surface area (Å²) in [4.78, 5) is 9.15. The summed E-state index contributed by atoms with van der Waals surface area (Å²) in [6, 6.07) is 10.0. The molecule has 3 rings (SSSR count). The van der Waals surface area contributed by atoms with Crippen molar-refractivity contribution in [3.63, 3.8) is 0 Å². The lowest BCUT2D eigenvalue weighted by atomic mass is 10.2. The Hall–Kier alpha value is -2.21. The van der Waals surface area contributed by atoms with Gasteiger partial charge in [-0.05, 0) is 30.2 Å². The molecule has 1 fully saturated rings. The summed E-state index contributed by atoms with van der Waals surface area (Å²) in [7, 11) is 1.85. The number of hydrogen-bond acceptors (Lipinski definition) is 3. The van der Waals surface area contributed by atoms with Gasteiger partial charge in [0.05, 0.1) is 0 Å². The van der Waals surface area contributed by atoms with Gasteiger partial charge in [-0.15, -0.1) is 0 Å². The number of hydrogen-bond donors (Lipinski definition) is 1. The number of aromatic nitrogens is 2. The molecule has 0 aliphatic carbocycles. The molecular formula is C19H27ClN6. The molecule has 0 radical (unpaired) electrons. The van der Waals surface area contributed by atoms with Gasteiger partial charge in [0, 0.05) is 69.4 Å². The summed E-state index contributed by atoms with van der Waals surface area (Å²) < 4.78 is 1.97. The van der Waals surface area contributed by atoms with E-state index in [2.05, 4.69) is 38.2 Å². The summed E-state index contributed by atoms with van der Waals surface area (Å²) in [5.41, 5.74) is 1.19. The van der Waals surface area contributed by atoms with Crippen LogP contribution in [0.4, 0.5) is 5.69 Å². The molecule has 2 heterocycles. The second-order valence-electron chi connectivity index (χ2n) is 6.72. The molecule has 7 heteroatoms. The van der Waals surface area contributed by atoms with Crippen molar-refractivity contribution >= 4 is 23.2 Å². The molecule has 1 atom stereocenters. The highest BCUT2D eigenvalue weighted by Crippen LogP contribution is 2.20. The molecule has 0 amide bonds. The van der Waals surface area contributed by atoms with E-state index >= 15 is 0 Å². The van der Waals surface area contributed by atoms with Crippen molar-refractivity contribution in [3.05, 3.63) is 47.7 Å². The lowest BCUT2D eigenvalue weighted by molar-refractivity contribution is 0.364. The molecule has 6 nitrogen and oxygen atoms in total.